The van der Waals surface area contributed by atoms with Crippen molar-refractivity contribution < 1.29 is 4.42 Å². The molecule has 2 heterocycles. The molecule has 2 rings (SSSR count). The van der Waals surface area contributed by atoms with Gasteiger partial charge in [0.05, 0.1) is 18.4 Å². The Morgan fingerprint density at radius 3 is 2.48 bits per heavy atom. The van der Waals surface area contributed by atoms with Gasteiger partial charge in [0.2, 0.25) is 5.89 Å². The molecule has 0 aliphatic carbocycles. The van der Waals surface area contributed by atoms with Crippen molar-refractivity contribution in [3.05, 3.63) is 34.8 Å². The van der Waals surface area contributed by atoms with Crippen LogP contribution in [0.3, 0.4) is 0 Å². The predicted octanol–water partition coefficient (Wildman–Crippen LogP) is 3.24. The second-order valence-corrected chi connectivity index (χ2v) is 7.82. The zero-order valence-corrected chi connectivity index (χ0v) is 20.0. The van der Waals surface area contributed by atoms with Crippen LogP contribution in [-0.4, -0.2) is 33.8 Å². The van der Waals surface area contributed by atoms with E-state index in [9.17, 15) is 0 Å². The van der Waals surface area contributed by atoms with Crippen molar-refractivity contribution in [3.63, 3.8) is 0 Å². The van der Waals surface area contributed by atoms with Crippen LogP contribution in [-0.2, 0) is 25.4 Å². The molecule has 7 nitrogen and oxygen atoms in total. The van der Waals surface area contributed by atoms with Crippen molar-refractivity contribution in [2.45, 2.75) is 66.0 Å². The number of hydrogen-bond acceptors (Lipinski definition) is 4. The number of rotatable bonds is 5. The van der Waals surface area contributed by atoms with Gasteiger partial charge in [-0.3, -0.25) is 9.67 Å². The van der Waals surface area contributed by atoms with Crippen LogP contribution < -0.4 is 10.6 Å². The maximum absolute atomic E-state index is 5.81. The third-order valence-corrected chi connectivity index (χ3v) is 4.48. The molecular weight excluding hydrogens is 455 g/mol. The molecule has 0 saturated heterocycles. The summed E-state index contributed by atoms with van der Waals surface area (Å²) in [5.74, 6) is 2.27. The first-order valence-corrected chi connectivity index (χ1v) is 9.03. The van der Waals surface area contributed by atoms with Gasteiger partial charge in [-0.25, -0.2) is 4.98 Å². The fraction of sp³-hybridized carbons (Fsp3) is 0.632. The summed E-state index contributed by atoms with van der Waals surface area (Å²) in [6.45, 7) is 13.1. The first-order valence-electron chi connectivity index (χ1n) is 9.03. The number of oxazole rings is 1. The summed E-state index contributed by atoms with van der Waals surface area (Å²) >= 11 is 0. The highest BCUT2D eigenvalue weighted by atomic mass is 127. The second-order valence-electron chi connectivity index (χ2n) is 7.82. The summed E-state index contributed by atoms with van der Waals surface area (Å²) in [5, 5.41) is 11.2. The van der Waals surface area contributed by atoms with Gasteiger partial charge in [-0.2, -0.15) is 5.10 Å². The summed E-state index contributed by atoms with van der Waals surface area (Å²) in [4.78, 5) is 8.63. The van der Waals surface area contributed by atoms with Gasteiger partial charge < -0.3 is 15.1 Å². The average Bonchev–Trinajstić information content (AvgIpc) is 3.12. The number of halogens is 1. The fourth-order valence-electron chi connectivity index (χ4n) is 2.80. The lowest BCUT2D eigenvalue weighted by Gasteiger charge is -2.18. The Hall–Kier alpha value is -1.58. The van der Waals surface area contributed by atoms with Gasteiger partial charge in [-0.1, -0.05) is 20.8 Å². The van der Waals surface area contributed by atoms with E-state index in [1.165, 1.54) is 11.3 Å². The molecule has 0 saturated carbocycles. The molecule has 0 radical (unpaired) electrons. The molecule has 0 bridgehead atoms. The standard InChI is InChI=1S/C19H32N6O.HI/c1-12(9-15-13(2)24-25(8)14(15)3)23-18(20-7)22-11-17-21-10-16(26-17)19(4,5)6;/h10,12H,9,11H2,1-8H3,(H2,20,22,23);1H. The predicted molar refractivity (Wildman–Crippen MR) is 120 cm³/mol. The van der Waals surface area contributed by atoms with Crippen molar-refractivity contribution in [2.24, 2.45) is 12.0 Å². The minimum Gasteiger partial charge on any atom is -0.443 e. The molecule has 1 atom stereocenters. The van der Waals surface area contributed by atoms with Gasteiger partial charge in [0, 0.05) is 31.2 Å². The van der Waals surface area contributed by atoms with Crippen LogP contribution in [0.4, 0.5) is 0 Å². The van der Waals surface area contributed by atoms with E-state index in [2.05, 4.69) is 67.3 Å². The van der Waals surface area contributed by atoms with Crippen molar-refractivity contribution >= 4 is 29.9 Å². The number of aromatic nitrogens is 3. The maximum atomic E-state index is 5.81. The molecule has 0 aromatic carbocycles. The molecule has 2 aromatic rings. The second kappa shape index (κ2) is 9.57. The SMILES string of the molecule is CN=C(NCc1ncc(C(C)(C)C)o1)NC(C)Cc1c(C)nn(C)c1C.I. The topological polar surface area (TPSA) is 80.3 Å². The number of hydrogen-bond donors (Lipinski definition) is 2. The number of nitrogens with one attached hydrogen (secondary N) is 2. The van der Waals surface area contributed by atoms with Gasteiger partial charge in [0.1, 0.15) is 5.76 Å². The first-order chi connectivity index (χ1) is 12.1. The van der Waals surface area contributed by atoms with Crippen LogP contribution in [0.2, 0.25) is 0 Å². The summed E-state index contributed by atoms with van der Waals surface area (Å²) in [6, 6.07) is 0.220. The number of aryl methyl sites for hydroxylation is 2. The Labute approximate surface area is 179 Å². The van der Waals surface area contributed by atoms with Crippen molar-refractivity contribution in [3.8, 4) is 0 Å². The lowest BCUT2D eigenvalue weighted by molar-refractivity contribution is 0.379. The van der Waals surface area contributed by atoms with Gasteiger partial charge in [-0.15, -0.1) is 24.0 Å². The monoisotopic (exact) mass is 488 g/mol. The molecule has 8 heteroatoms. The van der Waals surface area contributed by atoms with E-state index in [1.807, 2.05) is 11.7 Å². The lowest BCUT2D eigenvalue weighted by Crippen LogP contribution is -2.42. The molecule has 0 spiro atoms. The molecule has 152 valence electrons. The third kappa shape index (κ3) is 6.22. The highest BCUT2D eigenvalue weighted by molar-refractivity contribution is 14.0. The normalized spacial score (nSPS) is 13.3. The molecule has 0 amide bonds. The van der Waals surface area contributed by atoms with E-state index < -0.39 is 0 Å². The smallest absolute Gasteiger partial charge is 0.213 e. The number of aliphatic imine (C=N–C) groups is 1. The third-order valence-electron chi connectivity index (χ3n) is 4.48. The Morgan fingerprint density at radius 2 is 2.00 bits per heavy atom. The first kappa shape index (κ1) is 23.5. The van der Waals surface area contributed by atoms with E-state index in [0.29, 0.717) is 12.4 Å². The molecule has 2 N–H and O–H groups in total. The zero-order valence-electron chi connectivity index (χ0n) is 17.7. The molecule has 0 aliphatic rings. The van der Waals surface area contributed by atoms with Crippen molar-refractivity contribution in [1.29, 1.82) is 0 Å². The molecule has 0 fully saturated rings. The van der Waals surface area contributed by atoms with Crippen LogP contribution >= 0.6 is 24.0 Å². The maximum Gasteiger partial charge on any atom is 0.213 e. The highest BCUT2D eigenvalue weighted by Gasteiger charge is 2.19. The Kier molecular flexibility index (Phi) is 8.31. The number of nitrogens with zero attached hydrogens (tertiary/aromatic N) is 4. The van der Waals surface area contributed by atoms with E-state index in [0.717, 1.165) is 23.8 Å². The Bertz CT molecular complexity index is 772. The number of guanidine groups is 1. The van der Waals surface area contributed by atoms with Crippen LogP contribution in [0.5, 0.6) is 0 Å². The molecule has 1 unspecified atom stereocenters. The summed E-state index contributed by atoms with van der Waals surface area (Å²) in [5.41, 5.74) is 3.52. The van der Waals surface area contributed by atoms with Gasteiger partial charge in [0.25, 0.3) is 0 Å². The average molecular weight is 488 g/mol. The minimum absolute atomic E-state index is 0. The van der Waals surface area contributed by atoms with Crippen LogP contribution in [0, 0.1) is 13.8 Å². The molecule has 2 aromatic heterocycles. The molecular formula is C19H33IN6O. The van der Waals surface area contributed by atoms with E-state index in [4.69, 9.17) is 4.42 Å². The summed E-state index contributed by atoms with van der Waals surface area (Å²) < 4.78 is 7.74. The fourth-order valence-corrected chi connectivity index (χ4v) is 2.80. The van der Waals surface area contributed by atoms with E-state index in [-0.39, 0.29) is 35.4 Å². The van der Waals surface area contributed by atoms with Crippen molar-refractivity contribution in [1.82, 2.24) is 25.4 Å². The van der Waals surface area contributed by atoms with Crippen LogP contribution in [0.1, 0.15) is 56.3 Å². The Morgan fingerprint density at radius 1 is 1.33 bits per heavy atom. The minimum atomic E-state index is -0.0425. The molecule has 27 heavy (non-hydrogen) atoms. The van der Waals surface area contributed by atoms with Crippen LogP contribution in [0.25, 0.3) is 0 Å². The highest BCUT2D eigenvalue weighted by Crippen LogP contribution is 2.22. The van der Waals surface area contributed by atoms with Gasteiger partial charge >= 0.3 is 0 Å². The van der Waals surface area contributed by atoms with Gasteiger partial charge in [0.15, 0.2) is 5.96 Å². The van der Waals surface area contributed by atoms with Crippen molar-refractivity contribution in [2.75, 3.05) is 7.05 Å². The Balaban J connectivity index is 0.00000364. The van der Waals surface area contributed by atoms with E-state index >= 15 is 0 Å². The zero-order chi connectivity index (χ0) is 19.5. The summed E-state index contributed by atoms with van der Waals surface area (Å²) in [7, 11) is 3.74. The molecule has 0 aliphatic heterocycles. The van der Waals surface area contributed by atoms with E-state index in [1.54, 1.807) is 13.2 Å². The van der Waals surface area contributed by atoms with Crippen LogP contribution in [0.15, 0.2) is 15.6 Å². The lowest BCUT2D eigenvalue weighted by atomic mass is 9.94. The summed E-state index contributed by atoms with van der Waals surface area (Å²) in [6.07, 6.45) is 2.68. The largest absolute Gasteiger partial charge is 0.443 e. The quantitative estimate of drug-likeness (QED) is 0.384. The van der Waals surface area contributed by atoms with Gasteiger partial charge in [-0.05, 0) is 32.8 Å².